The summed E-state index contributed by atoms with van der Waals surface area (Å²) in [5.74, 6) is 0.568. The average Bonchev–Trinajstić information content (AvgIpc) is 2.18. The molecular weight excluding hydrogens is 190 g/mol. The van der Waals surface area contributed by atoms with E-state index in [2.05, 4.69) is 11.9 Å². The van der Waals surface area contributed by atoms with Crippen LogP contribution in [0.4, 0.5) is 5.69 Å². The van der Waals surface area contributed by atoms with Crippen LogP contribution in [0, 0.1) is 0 Å². The SMILES string of the molecule is C=Cc1ccc2c(c1)OC(C)(C)C(=O)N2. The van der Waals surface area contributed by atoms with Crippen molar-refractivity contribution in [3.8, 4) is 5.75 Å². The first-order valence-corrected chi connectivity index (χ1v) is 4.80. The first kappa shape index (κ1) is 9.77. The molecule has 0 unspecified atom stereocenters. The van der Waals surface area contributed by atoms with E-state index in [9.17, 15) is 4.79 Å². The number of carbonyl (C=O) groups is 1. The van der Waals surface area contributed by atoms with Crippen molar-refractivity contribution in [3.05, 3.63) is 30.3 Å². The van der Waals surface area contributed by atoms with Crippen LogP contribution in [0.1, 0.15) is 19.4 Å². The normalized spacial score (nSPS) is 17.3. The van der Waals surface area contributed by atoms with Crippen molar-refractivity contribution in [1.29, 1.82) is 0 Å². The third-order valence-corrected chi connectivity index (χ3v) is 2.40. The van der Waals surface area contributed by atoms with Gasteiger partial charge in [-0.2, -0.15) is 0 Å². The van der Waals surface area contributed by atoms with Crippen molar-refractivity contribution in [1.82, 2.24) is 0 Å². The Bertz CT molecular complexity index is 435. The van der Waals surface area contributed by atoms with Gasteiger partial charge in [0.1, 0.15) is 5.75 Å². The van der Waals surface area contributed by atoms with Gasteiger partial charge in [0.05, 0.1) is 5.69 Å². The molecule has 78 valence electrons. The highest BCUT2D eigenvalue weighted by atomic mass is 16.5. The molecule has 0 saturated heterocycles. The predicted molar refractivity (Wildman–Crippen MR) is 59.9 cm³/mol. The molecule has 2 rings (SSSR count). The number of carbonyl (C=O) groups excluding carboxylic acids is 1. The fourth-order valence-corrected chi connectivity index (χ4v) is 1.45. The molecule has 0 radical (unpaired) electrons. The maximum atomic E-state index is 11.6. The van der Waals surface area contributed by atoms with E-state index in [4.69, 9.17) is 4.74 Å². The van der Waals surface area contributed by atoms with E-state index in [0.29, 0.717) is 11.4 Å². The molecule has 0 aromatic heterocycles. The lowest BCUT2D eigenvalue weighted by atomic mass is 10.1. The third kappa shape index (κ3) is 1.61. The monoisotopic (exact) mass is 203 g/mol. The molecule has 1 amide bonds. The Morgan fingerprint density at radius 1 is 1.47 bits per heavy atom. The van der Waals surface area contributed by atoms with Crippen LogP contribution in [-0.2, 0) is 4.79 Å². The molecule has 0 atom stereocenters. The second-order valence-corrected chi connectivity index (χ2v) is 4.03. The Kier molecular flexibility index (Phi) is 2.03. The Morgan fingerprint density at radius 3 is 2.87 bits per heavy atom. The first-order chi connectivity index (χ1) is 7.03. The van der Waals surface area contributed by atoms with Crippen LogP contribution in [0.25, 0.3) is 6.08 Å². The van der Waals surface area contributed by atoms with Crippen LogP contribution in [-0.4, -0.2) is 11.5 Å². The average molecular weight is 203 g/mol. The van der Waals surface area contributed by atoms with Gasteiger partial charge >= 0.3 is 0 Å². The first-order valence-electron chi connectivity index (χ1n) is 4.80. The fraction of sp³-hybridized carbons (Fsp3) is 0.250. The number of fused-ring (bicyclic) bond motifs is 1. The van der Waals surface area contributed by atoms with Crippen molar-refractivity contribution < 1.29 is 9.53 Å². The second-order valence-electron chi connectivity index (χ2n) is 4.03. The summed E-state index contributed by atoms with van der Waals surface area (Å²) >= 11 is 0. The highest BCUT2D eigenvalue weighted by Gasteiger charge is 2.35. The summed E-state index contributed by atoms with van der Waals surface area (Å²) in [6, 6.07) is 5.57. The Hall–Kier alpha value is -1.77. The summed E-state index contributed by atoms with van der Waals surface area (Å²) in [5, 5.41) is 2.80. The van der Waals surface area contributed by atoms with Gasteiger partial charge < -0.3 is 10.1 Å². The molecule has 0 spiro atoms. The van der Waals surface area contributed by atoms with Crippen LogP contribution in [0.3, 0.4) is 0 Å². The van der Waals surface area contributed by atoms with Crippen molar-refractivity contribution in [2.75, 3.05) is 5.32 Å². The van der Waals surface area contributed by atoms with Crippen LogP contribution in [0.5, 0.6) is 5.75 Å². The molecule has 1 N–H and O–H groups in total. The highest BCUT2D eigenvalue weighted by Crippen LogP contribution is 2.34. The number of nitrogens with one attached hydrogen (secondary N) is 1. The van der Waals surface area contributed by atoms with Crippen molar-refractivity contribution in [2.45, 2.75) is 19.4 Å². The zero-order chi connectivity index (χ0) is 11.1. The van der Waals surface area contributed by atoms with E-state index in [1.807, 2.05) is 18.2 Å². The largest absolute Gasteiger partial charge is 0.476 e. The molecular formula is C12H13NO2. The van der Waals surface area contributed by atoms with Crippen molar-refractivity contribution in [3.63, 3.8) is 0 Å². The summed E-state index contributed by atoms with van der Waals surface area (Å²) in [5.41, 5.74) is 0.873. The van der Waals surface area contributed by atoms with Crippen LogP contribution in [0.15, 0.2) is 24.8 Å². The number of rotatable bonds is 1. The van der Waals surface area contributed by atoms with Gasteiger partial charge in [0, 0.05) is 0 Å². The number of hydrogen-bond acceptors (Lipinski definition) is 2. The summed E-state index contributed by atoms with van der Waals surface area (Å²) in [6.07, 6.45) is 1.74. The van der Waals surface area contributed by atoms with E-state index >= 15 is 0 Å². The molecule has 3 heteroatoms. The maximum absolute atomic E-state index is 11.6. The summed E-state index contributed by atoms with van der Waals surface area (Å²) < 4.78 is 5.61. The molecule has 0 bridgehead atoms. The lowest BCUT2D eigenvalue weighted by Gasteiger charge is -2.31. The number of benzene rings is 1. The van der Waals surface area contributed by atoms with E-state index in [-0.39, 0.29) is 5.91 Å². The third-order valence-electron chi connectivity index (χ3n) is 2.40. The van der Waals surface area contributed by atoms with Gasteiger partial charge in [-0.05, 0) is 31.5 Å². The molecule has 1 aliphatic heterocycles. The number of amides is 1. The predicted octanol–water partition coefficient (Wildman–Crippen LogP) is 2.44. The molecule has 0 saturated carbocycles. The summed E-state index contributed by atoms with van der Waals surface area (Å²) in [7, 11) is 0. The van der Waals surface area contributed by atoms with E-state index < -0.39 is 5.60 Å². The quantitative estimate of drug-likeness (QED) is 0.761. The molecule has 1 aromatic carbocycles. The van der Waals surface area contributed by atoms with E-state index in [1.165, 1.54) is 0 Å². The Morgan fingerprint density at radius 2 is 2.20 bits per heavy atom. The van der Waals surface area contributed by atoms with Gasteiger partial charge in [-0.1, -0.05) is 18.7 Å². The smallest absolute Gasteiger partial charge is 0.268 e. The lowest BCUT2D eigenvalue weighted by molar-refractivity contribution is -0.129. The molecule has 0 aliphatic carbocycles. The molecule has 0 fully saturated rings. The minimum Gasteiger partial charge on any atom is -0.476 e. The van der Waals surface area contributed by atoms with E-state index in [1.54, 1.807) is 19.9 Å². The molecule has 15 heavy (non-hydrogen) atoms. The second kappa shape index (κ2) is 3.12. The minimum absolute atomic E-state index is 0.124. The van der Waals surface area contributed by atoms with E-state index in [0.717, 1.165) is 5.56 Å². The number of ether oxygens (including phenoxy) is 1. The van der Waals surface area contributed by atoms with Crippen molar-refractivity contribution >= 4 is 17.7 Å². The number of hydrogen-bond donors (Lipinski definition) is 1. The standard InChI is InChI=1S/C12H13NO2/c1-4-8-5-6-9-10(7-8)15-12(2,3)11(14)13-9/h4-7H,1H2,2-3H3,(H,13,14). The molecule has 3 nitrogen and oxygen atoms in total. The minimum atomic E-state index is -0.813. The van der Waals surface area contributed by atoms with Crippen LogP contribution >= 0.6 is 0 Å². The highest BCUT2D eigenvalue weighted by molar-refractivity contribution is 6.00. The molecule has 1 aliphatic rings. The zero-order valence-electron chi connectivity index (χ0n) is 8.83. The zero-order valence-corrected chi connectivity index (χ0v) is 8.83. The van der Waals surface area contributed by atoms with Crippen LogP contribution in [0.2, 0.25) is 0 Å². The van der Waals surface area contributed by atoms with Gasteiger partial charge in [0.25, 0.3) is 5.91 Å². The van der Waals surface area contributed by atoms with Gasteiger partial charge in [-0.3, -0.25) is 4.79 Å². The van der Waals surface area contributed by atoms with Gasteiger partial charge in [-0.15, -0.1) is 0 Å². The molecule has 1 aromatic rings. The lowest BCUT2D eigenvalue weighted by Crippen LogP contribution is -2.45. The molecule has 1 heterocycles. The Balaban J connectivity index is 2.46. The van der Waals surface area contributed by atoms with Gasteiger partial charge in [-0.25, -0.2) is 0 Å². The maximum Gasteiger partial charge on any atom is 0.268 e. The summed E-state index contributed by atoms with van der Waals surface area (Å²) in [6.45, 7) is 7.17. The fourth-order valence-electron chi connectivity index (χ4n) is 1.45. The van der Waals surface area contributed by atoms with Crippen molar-refractivity contribution in [2.24, 2.45) is 0 Å². The van der Waals surface area contributed by atoms with Gasteiger partial charge in [0.2, 0.25) is 0 Å². The summed E-state index contributed by atoms with van der Waals surface area (Å²) in [4.78, 5) is 11.6. The van der Waals surface area contributed by atoms with Gasteiger partial charge in [0.15, 0.2) is 5.60 Å². The Labute approximate surface area is 88.8 Å². The van der Waals surface area contributed by atoms with Crippen LogP contribution < -0.4 is 10.1 Å². The number of anilines is 1. The topological polar surface area (TPSA) is 38.3 Å².